The molecule has 0 fully saturated rings. The molecule has 1 atom stereocenters. The molecule has 0 saturated heterocycles. The van der Waals surface area contributed by atoms with Gasteiger partial charge in [0.1, 0.15) is 0 Å². The van der Waals surface area contributed by atoms with Crippen molar-refractivity contribution in [2.24, 2.45) is 0 Å². The quantitative estimate of drug-likeness (QED) is 0.911. The first kappa shape index (κ1) is 13.3. The number of hydrogen-bond donors (Lipinski definition) is 1. The van der Waals surface area contributed by atoms with Gasteiger partial charge in [-0.15, -0.1) is 0 Å². The summed E-state index contributed by atoms with van der Waals surface area (Å²) in [7, 11) is 0. The molecule has 1 heterocycles. The van der Waals surface area contributed by atoms with E-state index in [4.69, 9.17) is 4.74 Å². The average molecular weight is 332 g/mol. The lowest BCUT2D eigenvalue weighted by atomic mass is 9.97. The lowest BCUT2D eigenvalue weighted by Crippen LogP contribution is -2.28. The Balaban J connectivity index is 1.85. The Labute approximate surface area is 126 Å². The summed E-state index contributed by atoms with van der Waals surface area (Å²) < 4.78 is 6.62. The molecule has 0 aliphatic carbocycles. The van der Waals surface area contributed by atoms with Crippen molar-refractivity contribution >= 4 is 27.5 Å². The average Bonchev–Trinajstić information content (AvgIpc) is 2.47. The van der Waals surface area contributed by atoms with Gasteiger partial charge in [-0.3, -0.25) is 4.79 Å². The number of rotatable bonds is 2. The number of carbonyl (C=O) groups excluding carboxylic acids is 1. The van der Waals surface area contributed by atoms with Crippen molar-refractivity contribution in [3.05, 3.63) is 64.1 Å². The van der Waals surface area contributed by atoms with E-state index in [2.05, 4.69) is 21.2 Å². The van der Waals surface area contributed by atoms with Gasteiger partial charge in [-0.2, -0.15) is 0 Å². The molecule has 3 nitrogen and oxygen atoms in total. The number of ether oxygens (including phenoxy) is 1. The lowest BCUT2D eigenvalue weighted by molar-refractivity contribution is -0.128. The molecule has 1 amide bonds. The number of halogens is 1. The Morgan fingerprint density at radius 3 is 2.80 bits per heavy atom. The van der Waals surface area contributed by atoms with Crippen LogP contribution in [0.2, 0.25) is 0 Å². The van der Waals surface area contributed by atoms with Crippen LogP contribution in [0.1, 0.15) is 17.2 Å². The van der Waals surface area contributed by atoms with Crippen molar-refractivity contribution < 1.29 is 9.53 Å². The molecule has 2 aromatic carbocycles. The van der Waals surface area contributed by atoms with Crippen LogP contribution in [0.25, 0.3) is 0 Å². The zero-order valence-electron chi connectivity index (χ0n) is 10.8. The van der Waals surface area contributed by atoms with E-state index in [1.165, 1.54) is 5.56 Å². The van der Waals surface area contributed by atoms with Crippen molar-refractivity contribution in [3.63, 3.8) is 0 Å². The van der Waals surface area contributed by atoms with Gasteiger partial charge >= 0.3 is 0 Å². The normalized spacial score (nSPS) is 17.4. The van der Waals surface area contributed by atoms with Gasteiger partial charge in [0.15, 0.2) is 6.10 Å². The Morgan fingerprint density at radius 1 is 1.20 bits per heavy atom. The van der Waals surface area contributed by atoms with Gasteiger partial charge in [-0.1, -0.05) is 40.2 Å². The first-order chi connectivity index (χ1) is 9.74. The number of carbonyl (C=O) groups is 1. The topological polar surface area (TPSA) is 38.3 Å². The maximum absolute atomic E-state index is 12.4. The molecule has 1 aliphatic heterocycles. The molecule has 0 spiro atoms. The van der Waals surface area contributed by atoms with E-state index in [0.717, 1.165) is 22.1 Å². The standard InChI is InChI=1S/C16H14BrNO2/c17-12-7-6-11-8-9-20-15(14(11)10-12)16(19)18-13-4-2-1-3-5-13/h1-7,10,15H,8-9H2,(H,18,19). The first-order valence-electron chi connectivity index (χ1n) is 6.50. The number of amides is 1. The van der Waals surface area contributed by atoms with Crippen LogP contribution in [0.15, 0.2) is 53.0 Å². The predicted molar refractivity (Wildman–Crippen MR) is 81.6 cm³/mol. The number of nitrogens with one attached hydrogen (secondary N) is 1. The van der Waals surface area contributed by atoms with Gasteiger partial charge in [0.2, 0.25) is 0 Å². The highest BCUT2D eigenvalue weighted by Crippen LogP contribution is 2.30. The molecule has 1 unspecified atom stereocenters. The van der Waals surface area contributed by atoms with E-state index in [1.807, 2.05) is 48.5 Å². The molecule has 3 rings (SSSR count). The van der Waals surface area contributed by atoms with Crippen molar-refractivity contribution in [1.82, 2.24) is 0 Å². The van der Waals surface area contributed by atoms with E-state index >= 15 is 0 Å². The molecule has 2 aromatic rings. The third-order valence-electron chi connectivity index (χ3n) is 3.33. The predicted octanol–water partition coefficient (Wildman–Crippen LogP) is 3.70. The van der Waals surface area contributed by atoms with Gasteiger partial charge < -0.3 is 10.1 Å². The fourth-order valence-electron chi connectivity index (χ4n) is 2.36. The number of benzene rings is 2. The number of para-hydroxylation sites is 1. The summed E-state index contributed by atoms with van der Waals surface area (Å²) in [6.07, 6.45) is 0.300. The molecule has 0 saturated carbocycles. The minimum atomic E-state index is -0.545. The molecule has 102 valence electrons. The van der Waals surface area contributed by atoms with E-state index in [-0.39, 0.29) is 5.91 Å². The maximum atomic E-state index is 12.4. The van der Waals surface area contributed by atoms with Crippen LogP contribution in [-0.4, -0.2) is 12.5 Å². The van der Waals surface area contributed by atoms with Crippen LogP contribution < -0.4 is 5.32 Å². The van der Waals surface area contributed by atoms with E-state index < -0.39 is 6.10 Å². The van der Waals surface area contributed by atoms with Gasteiger partial charge in [0.25, 0.3) is 5.91 Å². The van der Waals surface area contributed by atoms with Gasteiger partial charge in [-0.25, -0.2) is 0 Å². The van der Waals surface area contributed by atoms with Crippen LogP contribution in [-0.2, 0) is 16.0 Å². The fraction of sp³-hybridized carbons (Fsp3) is 0.188. The Morgan fingerprint density at radius 2 is 2.00 bits per heavy atom. The van der Waals surface area contributed by atoms with E-state index in [1.54, 1.807) is 0 Å². The largest absolute Gasteiger partial charge is 0.363 e. The van der Waals surface area contributed by atoms with Gasteiger partial charge in [-0.05, 0) is 41.8 Å². The van der Waals surface area contributed by atoms with Crippen molar-refractivity contribution in [2.45, 2.75) is 12.5 Å². The number of fused-ring (bicyclic) bond motifs is 1. The van der Waals surface area contributed by atoms with Gasteiger partial charge in [0.05, 0.1) is 6.61 Å². The zero-order chi connectivity index (χ0) is 13.9. The maximum Gasteiger partial charge on any atom is 0.258 e. The van der Waals surface area contributed by atoms with Crippen molar-refractivity contribution in [2.75, 3.05) is 11.9 Å². The molecule has 20 heavy (non-hydrogen) atoms. The van der Waals surface area contributed by atoms with Crippen molar-refractivity contribution in [3.8, 4) is 0 Å². The van der Waals surface area contributed by atoms with Crippen LogP contribution in [0, 0.1) is 0 Å². The molecule has 1 N–H and O–H groups in total. The SMILES string of the molecule is O=C(Nc1ccccc1)C1OCCc2ccc(Br)cc21. The Bertz CT molecular complexity index is 628. The third kappa shape index (κ3) is 2.76. The summed E-state index contributed by atoms with van der Waals surface area (Å²) in [4.78, 5) is 12.4. The zero-order valence-corrected chi connectivity index (χ0v) is 12.4. The highest BCUT2D eigenvalue weighted by atomic mass is 79.9. The van der Waals surface area contributed by atoms with Crippen LogP contribution in [0.3, 0.4) is 0 Å². The molecular formula is C16H14BrNO2. The minimum Gasteiger partial charge on any atom is -0.363 e. The molecule has 4 heteroatoms. The lowest BCUT2D eigenvalue weighted by Gasteiger charge is -2.25. The minimum absolute atomic E-state index is 0.129. The molecule has 0 radical (unpaired) electrons. The highest BCUT2D eigenvalue weighted by molar-refractivity contribution is 9.10. The summed E-state index contributed by atoms with van der Waals surface area (Å²) in [5.41, 5.74) is 2.90. The second-order valence-corrected chi connectivity index (χ2v) is 5.61. The molecule has 0 bridgehead atoms. The summed E-state index contributed by atoms with van der Waals surface area (Å²) in [6, 6.07) is 15.4. The van der Waals surface area contributed by atoms with Crippen molar-refractivity contribution in [1.29, 1.82) is 0 Å². The fourth-order valence-corrected chi connectivity index (χ4v) is 2.74. The monoisotopic (exact) mass is 331 g/mol. The summed E-state index contributed by atoms with van der Waals surface area (Å²) in [5.74, 6) is -0.129. The summed E-state index contributed by atoms with van der Waals surface area (Å²) in [5, 5.41) is 2.89. The molecular weight excluding hydrogens is 318 g/mol. The summed E-state index contributed by atoms with van der Waals surface area (Å²) >= 11 is 3.45. The third-order valence-corrected chi connectivity index (χ3v) is 3.82. The summed E-state index contributed by atoms with van der Waals surface area (Å²) in [6.45, 7) is 0.571. The van der Waals surface area contributed by atoms with Crippen LogP contribution in [0.5, 0.6) is 0 Å². The Kier molecular flexibility index (Phi) is 3.85. The molecule has 0 aromatic heterocycles. The van der Waals surface area contributed by atoms with Crippen LogP contribution >= 0.6 is 15.9 Å². The second-order valence-electron chi connectivity index (χ2n) is 4.70. The first-order valence-corrected chi connectivity index (χ1v) is 7.29. The second kappa shape index (κ2) is 5.77. The smallest absolute Gasteiger partial charge is 0.258 e. The number of hydrogen-bond acceptors (Lipinski definition) is 2. The molecule has 1 aliphatic rings. The Hall–Kier alpha value is -1.65. The number of anilines is 1. The highest BCUT2D eigenvalue weighted by Gasteiger charge is 2.27. The van der Waals surface area contributed by atoms with E-state index in [0.29, 0.717) is 6.61 Å². The van der Waals surface area contributed by atoms with E-state index in [9.17, 15) is 4.79 Å². The van der Waals surface area contributed by atoms with Gasteiger partial charge in [0, 0.05) is 10.2 Å². The van der Waals surface area contributed by atoms with Crippen LogP contribution in [0.4, 0.5) is 5.69 Å².